The summed E-state index contributed by atoms with van der Waals surface area (Å²) in [6.45, 7) is 5.97. The largest absolute Gasteiger partial charge is 0.0845 e. The Morgan fingerprint density at radius 2 is 1.57 bits per heavy atom. The predicted octanol–water partition coefficient (Wildman–Crippen LogP) is 4.85. The van der Waals surface area contributed by atoms with Crippen molar-refractivity contribution < 1.29 is 0 Å². The van der Waals surface area contributed by atoms with Gasteiger partial charge in [-0.2, -0.15) is 0 Å². The summed E-state index contributed by atoms with van der Waals surface area (Å²) < 4.78 is 0. The molecule has 0 heterocycles. The molecule has 0 saturated heterocycles. The molecule has 0 aliphatic carbocycles. The van der Waals surface area contributed by atoms with Gasteiger partial charge in [-0.1, -0.05) is 62.6 Å². The average Bonchev–Trinajstić information content (AvgIpc) is 2.21. The molecule has 0 bridgehead atoms. The van der Waals surface area contributed by atoms with Crippen LogP contribution in [0.3, 0.4) is 0 Å². The monoisotopic (exact) mass is 191 g/mol. The van der Waals surface area contributed by atoms with E-state index in [2.05, 4.69) is 32.1 Å². The van der Waals surface area contributed by atoms with Gasteiger partial charge in [-0.05, 0) is 26.2 Å². The highest BCUT2D eigenvalue weighted by Gasteiger charge is 1.82. The molecule has 0 amide bonds. The molecule has 0 aliphatic heterocycles. The molecule has 79 valence electrons. The first-order chi connectivity index (χ1) is 6.91. The maximum atomic E-state index is 3.72. The quantitative estimate of drug-likeness (QED) is 0.380. The lowest BCUT2D eigenvalue weighted by Crippen LogP contribution is -1.72. The van der Waals surface area contributed by atoms with E-state index in [1.807, 2.05) is 18.2 Å². The first-order valence-corrected chi connectivity index (χ1v) is 5.69. The Labute approximate surface area is 89.4 Å². The fourth-order valence-corrected chi connectivity index (χ4v) is 1.17. The highest BCUT2D eigenvalue weighted by atomic mass is 13.9. The third kappa shape index (κ3) is 11.2. The SMILES string of the molecule is [CH2]C/C=C/C=C/C=C/CCCCCC. The van der Waals surface area contributed by atoms with Crippen molar-refractivity contribution in [2.75, 3.05) is 0 Å². The molecule has 0 nitrogen and oxygen atoms in total. The molecule has 1 radical (unpaired) electrons. The molecule has 0 aromatic carbocycles. The Hall–Kier alpha value is -0.780. The van der Waals surface area contributed by atoms with Gasteiger partial charge in [-0.15, -0.1) is 0 Å². The topological polar surface area (TPSA) is 0 Å². The molecule has 0 atom stereocenters. The maximum absolute atomic E-state index is 3.72. The minimum atomic E-state index is 0.866. The van der Waals surface area contributed by atoms with E-state index in [1.54, 1.807) is 0 Å². The highest BCUT2D eigenvalue weighted by Crippen LogP contribution is 2.02. The minimum absolute atomic E-state index is 0.866. The number of hydrogen-bond acceptors (Lipinski definition) is 0. The summed E-state index contributed by atoms with van der Waals surface area (Å²) in [5.74, 6) is 0. The van der Waals surface area contributed by atoms with Crippen LogP contribution in [0.15, 0.2) is 36.5 Å². The second-order valence-electron chi connectivity index (χ2n) is 3.38. The van der Waals surface area contributed by atoms with E-state index >= 15 is 0 Å². The van der Waals surface area contributed by atoms with E-state index in [0.717, 1.165) is 6.42 Å². The first kappa shape index (κ1) is 13.2. The minimum Gasteiger partial charge on any atom is -0.0845 e. The normalized spacial score (nSPS) is 12.4. The van der Waals surface area contributed by atoms with Gasteiger partial charge >= 0.3 is 0 Å². The third-order valence-electron chi connectivity index (χ3n) is 2.00. The Morgan fingerprint density at radius 3 is 2.21 bits per heavy atom. The maximum Gasteiger partial charge on any atom is -0.0347 e. The van der Waals surface area contributed by atoms with Crippen molar-refractivity contribution in [3.05, 3.63) is 43.4 Å². The molecule has 0 aliphatic rings. The van der Waals surface area contributed by atoms with Crippen LogP contribution < -0.4 is 0 Å². The summed E-state index contributed by atoms with van der Waals surface area (Å²) in [5, 5.41) is 0. The summed E-state index contributed by atoms with van der Waals surface area (Å²) in [6, 6.07) is 0. The van der Waals surface area contributed by atoms with Gasteiger partial charge in [0.2, 0.25) is 0 Å². The van der Waals surface area contributed by atoms with E-state index in [-0.39, 0.29) is 0 Å². The summed E-state index contributed by atoms with van der Waals surface area (Å²) >= 11 is 0. The van der Waals surface area contributed by atoms with Crippen LogP contribution >= 0.6 is 0 Å². The van der Waals surface area contributed by atoms with E-state index in [4.69, 9.17) is 0 Å². The average molecular weight is 191 g/mol. The molecular formula is C14H23. The molecule has 0 heteroatoms. The molecule has 0 rings (SSSR count). The third-order valence-corrected chi connectivity index (χ3v) is 2.00. The van der Waals surface area contributed by atoms with Crippen molar-refractivity contribution in [2.24, 2.45) is 0 Å². The molecule has 0 spiro atoms. The lowest BCUT2D eigenvalue weighted by atomic mass is 10.1. The Bertz CT molecular complexity index is 172. The van der Waals surface area contributed by atoms with Crippen molar-refractivity contribution in [1.82, 2.24) is 0 Å². The predicted molar refractivity (Wildman–Crippen MR) is 66.2 cm³/mol. The van der Waals surface area contributed by atoms with Crippen LogP contribution in [0.1, 0.15) is 45.4 Å². The Kier molecular flexibility index (Phi) is 11.5. The van der Waals surface area contributed by atoms with Crippen LogP contribution in [-0.4, -0.2) is 0 Å². The van der Waals surface area contributed by atoms with Crippen LogP contribution in [0.2, 0.25) is 0 Å². The summed E-state index contributed by atoms with van der Waals surface area (Å²) in [6.07, 6.45) is 20.0. The van der Waals surface area contributed by atoms with Crippen molar-refractivity contribution >= 4 is 0 Å². The van der Waals surface area contributed by atoms with E-state index < -0.39 is 0 Å². The molecule has 0 fully saturated rings. The second-order valence-corrected chi connectivity index (χ2v) is 3.38. The number of rotatable bonds is 8. The Morgan fingerprint density at radius 1 is 0.857 bits per heavy atom. The molecule has 14 heavy (non-hydrogen) atoms. The Balaban J connectivity index is 3.26. The fraction of sp³-hybridized carbons (Fsp3) is 0.500. The molecule has 0 aromatic rings. The van der Waals surface area contributed by atoms with Gasteiger partial charge in [-0.25, -0.2) is 0 Å². The van der Waals surface area contributed by atoms with Gasteiger partial charge in [0.1, 0.15) is 0 Å². The van der Waals surface area contributed by atoms with Gasteiger partial charge in [0.05, 0.1) is 0 Å². The number of hydrogen-bond donors (Lipinski definition) is 0. The highest BCUT2D eigenvalue weighted by molar-refractivity contribution is 5.10. The van der Waals surface area contributed by atoms with Crippen molar-refractivity contribution in [1.29, 1.82) is 0 Å². The van der Waals surface area contributed by atoms with E-state index in [1.165, 1.54) is 32.1 Å². The number of allylic oxidation sites excluding steroid dienone is 6. The number of unbranched alkanes of at least 4 members (excludes halogenated alkanes) is 4. The molecule has 0 saturated carbocycles. The van der Waals surface area contributed by atoms with Crippen molar-refractivity contribution in [2.45, 2.75) is 45.4 Å². The van der Waals surface area contributed by atoms with Crippen LogP contribution in [-0.2, 0) is 0 Å². The van der Waals surface area contributed by atoms with Gasteiger partial charge in [0.25, 0.3) is 0 Å². The molecule has 0 N–H and O–H groups in total. The summed E-state index contributed by atoms with van der Waals surface area (Å²) in [7, 11) is 0. The zero-order valence-corrected chi connectivity index (χ0v) is 9.41. The second kappa shape index (κ2) is 12.2. The van der Waals surface area contributed by atoms with Gasteiger partial charge < -0.3 is 0 Å². The molecular weight excluding hydrogens is 168 g/mol. The molecule has 0 aromatic heterocycles. The molecule has 0 unspecified atom stereocenters. The lowest BCUT2D eigenvalue weighted by Gasteiger charge is -1.92. The smallest absolute Gasteiger partial charge is 0.0347 e. The zero-order chi connectivity index (χ0) is 10.5. The van der Waals surface area contributed by atoms with E-state index in [0.29, 0.717) is 0 Å². The van der Waals surface area contributed by atoms with Crippen LogP contribution in [0.25, 0.3) is 0 Å². The first-order valence-electron chi connectivity index (χ1n) is 5.69. The zero-order valence-electron chi connectivity index (χ0n) is 9.41. The van der Waals surface area contributed by atoms with Crippen molar-refractivity contribution in [3.8, 4) is 0 Å². The van der Waals surface area contributed by atoms with Crippen LogP contribution in [0.5, 0.6) is 0 Å². The van der Waals surface area contributed by atoms with Crippen molar-refractivity contribution in [3.63, 3.8) is 0 Å². The summed E-state index contributed by atoms with van der Waals surface area (Å²) in [4.78, 5) is 0. The fourth-order valence-electron chi connectivity index (χ4n) is 1.17. The van der Waals surface area contributed by atoms with Crippen LogP contribution in [0, 0.1) is 6.92 Å². The van der Waals surface area contributed by atoms with Crippen LogP contribution in [0.4, 0.5) is 0 Å². The van der Waals surface area contributed by atoms with Gasteiger partial charge in [0.15, 0.2) is 0 Å². The lowest BCUT2D eigenvalue weighted by molar-refractivity contribution is 0.674. The van der Waals surface area contributed by atoms with Gasteiger partial charge in [-0.3, -0.25) is 0 Å². The summed E-state index contributed by atoms with van der Waals surface area (Å²) in [5.41, 5.74) is 0. The standard InChI is InChI=1S/C14H23/c1-3-5-7-9-11-13-14-12-10-8-6-4-2/h5,7,9,11,13-14H,1,3-4,6,8,10,12H2,2H3/b7-5+,11-9+,14-13+. The van der Waals surface area contributed by atoms with Gasteiger partial charge in [0, 0.05) is 0 Å². The van der Waals surface area contributed by atoms with E-state index in [9.17, 15) is 0 Å².